The Labute approximate surface area is 126 Å². The van der Waals surface area contributed by atoms with E-state index in [0.717, 1.165) is 26.8 Å². The molecule has 0 saturated carbocycles. The van der Waals surface area contributed by atoms with Gasteiger partial charge < -0.3 is 5.32 Å². The maximum atomic E-state index is 13.4. The molecule has 0 atom stereocenters. The summed E-state index contributed by atoms with van der Waals surface area (Å²) in [6, 6.07) is 11.4. The first-order valence-corrected chi connectivity index (χ1v) is 7.36. The molecule has 1 N–H and O–H groups in total. The van der Waals surface area contributed by atoms with Crippen molar-refractivity contribution in [2.75, 3.05) is 12.4 Å². The lowest BCUT2D eigenvalue weighted by molar-refractivity contribution is 0.584. The SMILES string of the molecule is CNc1nc(-c2cccc(C)c2)c(-c2ccnc(F)c2)s1. The topological polar surface area (TPSA) is 37.8 Å². The predicted molar refractivity (Wildman–Crippen MR) is 85.0 cm³/mol. The van der Waals surface area contributed by atoms with Crippen LogP contribution in [-0.4, -0.2) is 17.0 Å². The second kappa shape index (κ2) is 5.61. The molecular weight excluding hydrogens is 285 g/mol. The number of nitrogens with one attached hydrogen (secondary N) is 1. The van der Waals surface area contributed by atoms with Crippen LogP contribution in [0.5, 0.6) is 0 Å². The smallest absolute Gasteiger partial charge is 0.213 e. The molecule has 0 aliphatic carbocycles. The molecule has 0 saturated heterocycles. The number of benzene rings is 1. The Balaban J connectivity index is 2.18. The Morgan fingerprint density at radius 3 is 2.71 bits per heavy atom. The second-order valence-electron chi connectivity index (χ2n) is 4.68. The van der Waals surface area contributed by atoms with Gasteiger partial charge in [0.05, 0.1) is 10.6 Å². The van der Waals surface area contributed by atoms with E-state index < -0.39 is 5.95 Å². The van der Waals surface area contributed by atoms with Gasteiger partial charge in [-0.25, -0.2) is 9.97 Å². The summed E-state index contributed by atoms with van der Waals surface area (Å²) in [5.41, 5.74) is 3.84. The number of pyridine rings is 1. The maximum absolute atomic E-state index is 13.4. The lowest BCUT2D eigenvalue weighted by atomic mass is 10.1. The molecule has 0 fully saturated rings. The molecule has 2 aromatic heterocycles. The largest absolute Gasteiger partial charge is 0.365 e. The minimum Gasteiger partial charge on any atom is -0.365 e. The van der Waals surface area contributed by atoms with E-state index in [1.165, 1.54) is 29.2 Å². The van der Waals surface area contributed by atoms with E-state index >= 15 is 0 Å². The van der Waals surface area contributed by atoms with Gasteiger partial charge in [0.2, 0.25) is 5.95 Å². The number of halogens is 1. The normalized spacial score (nSPS) is 10.6. The molecule has 5 heteroatoms. The van der Waals surface area contributed by atoms with Crippen LogP contribution in [0.3, 0.4) is 0 Å². The highest BCUT2D eigenvalue weighted by Crippen LogP contribution is 2.38. The van der Waals surface area contributed by atoms with E-state index in [2.05, 4.69) is 21.4 Å². The van der Waals surface area contributed by atoms with E-state index in [9.17, 15) is 4.39 Å². The van der Waals surface area contributed by atoms with Gasteiger partial charge >= 0.3 is 0 Å². The highest BCUT2D eigenvalue weighted by atomic mass is 32.1. The van der Waals surface area contributed by atoms with Crippen LogP contribution in [0.4, 0.5) is 9.52 Å². The number of thiazole rings is 1. The minimum absolute atomic E-state index is 0.484. The molecule has 106 valence electrons. The number of hydrogen-bond donors (Lipinski definition) is 1. The molecule has 0 aliphatic rings. The maximum Gasteiger partial charge on any atom is 0.213 e. The Hall–Kier alpha value is -2.27. The number of anilines is 1. The minimum atomic E-state index is -0.484. The highest BCUT2D eigenvalue weighted by Gasteiger charge is 2.15. The van der Waals surface area contributed by atoms with E-state index in [0.29, 0.717) is 0 Å². The van der Waals surface area contributed by atoms with E-state index in [4.69, 9.17) is 0 Å². The number of aromatic nitrogens is 2. The van der Waals surface area contributed by atoms with Crippen molar-refractivity contribution in [2.45, 2.75) is 6.92 Å². The Morgan fingerprint density at radius 1 is 1.14 bits per heavy atom. The lowest BCUT2D eigenvalue weighted by Crippen LogP contribution is -1.87. The fraction of sp³-hybridized carbons (Fsp3) is 0.125. The molecule has 2 heterocycles. The molecule has 3 nitrogen and oxygen atoms in total. The third kappa shape index (κ3) is 2.78. The van der Waals surface area contributed by atoms with Crippen molar-refractivity contribution in [1.29, 1.82) is 0 Å². The third-order valence-electron chi connectivity index (χ3n) is 3.12. The van der Waals surface area contributed by atoms with E-state index in [1.807, 2.05) is 32.2 Å². The van der Waals surface area contributed by atoms with Gasteiger partial charge in [-0.3, -0.25) is 0 Å². The predicted octanol–water partition coefficient (Wildman–Crippen LogP) is 4.36. The highest BCUT2D eigenvalue weighted by molar-refractivity contribution is 7.19. The average molecular weight is 299 g/mol. The fourth-order valence-corrected chi connectivity index (χ4v) is 3.09. The summed E-state index contributed by atoms with van der Waals surface area (Å²) in [5, 5.41) is 3.86. The molecule has 0 bridgehead atoms. The van der Waals surface area contributed by atoms with Crippen molar-refractivity contribution in [1.82, 2.24) is 9.97 Å². The molecule has 21 heavy (non-hydrogen) atoms. The van der Waals surface area contributed by atoms with Crippen molar-refractivity contribution in [2.24, 2.45) is 0 Å². The van der Waals surface area contributed by atoms with Crippen LogP contribution in [0.1, 0.15) is 5.56 Å². The summed E-state index contributed by atoms with van der Waals surface area (Å²) in [4.78, 5) is 9.16. The molecule has 0 spiro atoms. The lowest BCUT2D eigenvalue weighted by Gasteiger charge is -2.03. The molecule has 0 amide bonds. The van der Waals surface area contributed by atoms with E-state index in [-0.39, 0.29) is 0 Å². The van der Waals surface area contributed by atoms with Gasteiger partial charge in [0, 0.05) is 30.4 Å². The Bertz CT molecular complexity index is 720. The Kier molecular flexibility index (Phi) is 3.66. The van der Waals surface area contributed by atoms with Gasteiger partial charge in [-0.2, -0.15) is 4.39 Å². The first-order chi connectivity index (χ1) is 10.2. The number of aryl methyl sites for hydroxylation is 1. The van der Waals surface area contributed by atoms with Crippen molar-refractivity contribution >= 4 is 16.5 Å². The van der Waals surface area contributed by atoms with Crippen molar-refractivity contribution in [3.8, 4) is 21.7 Å². The van der Waals surface area contributed by atoms with E-state index in [1.54, 1.807) is 6.07 Å². The van der Waals surface area contributed by atoms with Crippen LogP contribution in [0, 0.1) is 12.9 Å². The zero-order valence-electron chi connectivity index (χ0n) is 11.7. The number of rotatable bonds is 3. The van der Waals surface area contributed by atoms with Crippen molar-refractivity contribution in [3.05, 3.63) is 54.1 Å². The van der Waals surface area contributed by atoms with Crippen LogP contribution in [0.2, 0.25) is 0 Å². The standard InChI is InChI=1S/C16H14FN3S/c1-10-4-3-5-11(8-10)14-15(21-16(18-2)20-14)12-6-7-19-13(17)9-12/h3-9H,1-2H3,(H,18,20). The average Bonchev–Trinajstić information content (AvgIpc) is 2.91. The van der Waals surface area contributed by atoms with Gasteiger partial charge in [0.1, 0.15) is 0 Å². The van der Waals surface area contributed by atoms with Gasteiger partial charge in [-0.15, -0.1) is 0 Å². The van der Waals surface area contributed by atoms with Crippen LogP contribution in [0.25, 0.3) is 21.7 Å². The summed E-state index contributed by atoms with van der Waals surface area (Å²) in [5.74, 6) is -0.484. The molecule has 3 aromatic rings. The Morgan fingerprint density at radius 2 is 2.00 bits per heavy atom. The van der Waals surface area contributed by atoms with Crippen LogP contribution < -0.4 is 5.32 Å². The molecule has 1 aromatic carbocycles. The number of hydrogen-bond acceptors (Lipinski definition) is 4. The molecular formula is C16H14FN3S. The molecule has 0 unspecified atom stereocenters. The van der Waals surface area contributed by atoms with Crippen LogP contribution >= 0.6 is 11.3 Å². The van der Waals surface area contributed by atoms with Gasteiger partial charge in [-0.05, 0) is 19.1 Å². The zero-order valence-corrected chi connectivity index (χ0v) is 12.5. The summed E-state index contributed by atoms with van der Waals surface area (Å²) < 4.78 is 13.4. The number of nitrogens with zero attached hydrogens (tertiary/aromatic N) is 2. The second-order valence-corrected chi connectivity index (χ2v) is 5.68. The van der Waals surface area contributed by atoms with Gasteiger partial charge in [-0.1, -0.05) is 35.1 Å². The van der Waals surface area contributed by atoms with Crippen molar-refractivity contribution < 1.29 is 4.39 Å². The monoisotopic (exact) mass is 299 g/mol. The molecule has 3 rings (SSSR count). The quantitative estimate of drug-likeness (QED) is 0.730. The molecule has 0 radical (unpaired) electrons. The van der Waals surface area contributed by atoms with Gasteiger partial charge in [0.25, 0.3) is 0 Å². The fourth-order valence-electron chi connectivity index (χ4n) is 2.15. The van der Waals surface area contributed by atoms with Crippen LogP contribution in [-0.2, 0) is 0 Å². The first-order valence-electron chi connectivity index (χ1n) is 6.55. The third-order valence-corrected chi connectivity index (χ3v) is 4.24. The summed E-state index contributed by atoms with van der Waals surface area (Å²) in [7, 11) is 1.83. The zero-order chi connectivity index (χ0) is 14.8. The summed E-state index contributed by atoms with van der Waals surface area (Å²) >= 11 is 1.51. The van der Waals surface area contributed by atoms with Crippen LogP contribution in [0.15, 0.2) is 42.6 Å². The van der Waals surface area contributed by atoms with Gasteiger partial charge in [0.15, 0.2) is 5.13 Å². The summed E-state index contributed by atoms with van der Waals surface area (Å²) in [6.07, 6.45) is 1.48. The first kappa shape index (κ1) is 13.7. The summed E-state index contributed by atoms with van der Waals surface area (Å²) in [6.45, 7) is 2.04. The van der Waals surface area contributed by atoms with Crippen molar-refractivity contribution in [3.63, 3.8) is 0 Å². The molecule has 0 aliphatic heterocycles.